The first-order valence-corrected chi connectivity index (χ1v) is 5.78. The highest BCUT2D eigenvalue weighted by molar-refractivity contribution is 5.87. The summed E-state index contributed by atoms with van der Waals surface area (Å²) < 4.78 is 52.8. The van der Waals surface area contributed by atoms with Crippen LogP contribution in [-0.2, 0) is 6.54 Å². The molecule has 0 unspecified atom stereocenters. The second kappa shape index (κ2) is 5.82. The number of hydrogen-bond donors (Lipinski definition) is 2. The maximum Gasteiger partial charge on any atom is 0.338 e. The molecule has 0 saturated carbocycles. The zero-order chi connectivity index (χ0) is 15.6. The summed E-state index contributed by atoms with van der Waals surface area (Å²) in [5.41, 5.74) is -0.612. The van der Waals surface area contributed by atoms with E-state index >= 15 is 0 Å². The van der Waals surface area contributed by atoms with Gasteiger partial charge < -0.3 is 10.4 Å². The third-order valence-corrected chi connectivity index (χ3v) is 2.74. The van der Waals surface area contributed by atoms with Crippen LogP contribution in [0, 0.1) is 23.3 Å². The van der Waals surface area contributed by atoms with Crippen molar-refractivity contribution in [1.29, 1.82) is 0 Å². The average molecular weight is 299 g/mol. The van der Waals surface area contributed by atoms with Crippen LogP contribution in [0.2, 0.25) is 0 Å². The van der Waals surface area contributed by atoms with Gasteiger partial charge in [-0.05, 0) is 17.7 Å². The Kier molecular flexibility index (Phi) is 4.11. The molecule has 0 fully saturated rings. The number of carbonyl (C=O) groups is 1. The fraction of sp³-hybridized carbons (Fsp3) is 0.0714. The molecule has 110 valence electrons. The zero-order valence-electron chi connectivity index (χ0n) is 10.5. The minimum absolute atomic E-state index is 0.128. The van der Waals surface area contributed by atoms with Crippen molar-refractivity contribution in [1.82, 2.24) is 0 Å². The van der Waals surface area contributed by atoms with Crippen LogP contribution in [0.3, 0.4) is 0 Å². The first-order chi connectivity index (χ1) is 9.88. The molecule has 0 heterocycles. The standard InChI is InChI=1S/C14H9F4NO2/c15-8-4-11(17)13(18)12(5-8)19-6-7-1-2-9(14(20)21)10(16)3-7/h1-5,19H,6H2,(H,20,21). The first-order valence-electron chi connectivity index (χ1n) is 5.78. The molecular weight excluding hydrogens is 290 g/mol. The van der Waals surface area contributed by atoms with Crippen molar-refractivity contribution in [3.05, 3.63) is 64.7 Å². The van der Waals surface area contributed by atoms with Gasteiger partial charge in [-0.1, -0.05) is 6.07 Å². The van der Waals surface area contributed by atoms with Gasteiger partial charge in [0.1, 0.15) is 11.6 Å². The summed E-state index contributed by atoms with van der Waals surface area (Å²) in [4.78, 5) is 10.6. The fourth-order valence-corrected chi connectivity index (χ4v) is 1.72. The van der Waals surface area contributed by atoms with Gasteiger partial charge in [0.2, 0.25) is 0 Å². The van der Waals surface area contributed by atoms with E-state index in [1.807, 2.05) is 0 Å². The third kappa shape index (κ3) is 3.31. The van der Waals surface area contributed by atoms with Crippen molar-refractivity contribution in [2.75, 3.05) is 5.32 Å². The molecular formula is C14H9F4NO2. The molecule has 2 aromatic carbocycles. The Morgan fingerprint density at radius 1 is 1.05 bits per heavy atom. The Hall–Kier alpha value is -2.57. The van der Waals surface area contributed by atoms with Crippen LogP contribution in [0.15, 0.2) is 30.3 Å². The molecule has 2 N–H and O–H groups in total. The molecule has 0 amide bonds. The quantitative estimate of drug-likeness (QED) is 0.670. The Labute approximate surface area is 116 Å². The minimum Gasteiger partial charge on any atom is -0.478 e. The third-order valence-electron chi connectivity index (χ3n) is 2.74. The average Bonchev–Trinajstić information content (AvgIpc) is 2.40. The van der Waals surface area contributed by atoms with E-state index in [0.29, 0.717) is 11.6 Å². The first kappa shape index (κ1) is 14.8. The number of carboxylic acids is 1. The van der Waals surface area contributed by atoms with Crippen molar-refractivity contribution in [2.45, 2.75) is 6.54 Å². The number of aromatic carboxylic acids is 1. The zero-order valence-corrected chi connectivity index (χ0v) is 10.5. The van der Waals surface area contributed by atoms with Gasteiger partial charge in [0.15, 0.2) is 11.6 Å². The number of nitrogens with one attached hydrogen (secondary N) is 1. The maximum absolute atomic E-state index is 13.4. The lowest BCUT2D eigenvalue weighted by Crippen LogP contribution is -2.06. The Morgan fingerprint density at radius 2 is 1.76 bits per heavy atom. The molecule has 2 rings (SSSR count). The predicted molar refractivity (Wildman–Crippen MR) is 67.0 cm³/mol. The summed E-state index contributed by atoms with van der Waals surface area (Å²) in [6.45, 7) is -0.128. The van der Waals surface area contributed by atoms with E-state index in [1.165, 1.54) is 6.07 Å². The molecule has 0 spiro atoms. The minimum atomic E-state index is -1.41. The molecule has 21 heavy (non-hydrogen) atoms. The summed E-state index contributed by atoms with van der Waals surface area (Å²) in [7, 11) is 0. The smallest absolute Gasteiger partial charge is 0.338 e. The number of hydrogen-bond acceptors (Lipinski definition) is 2. The van der Waals surface area contributed by atoms with Crippen molar-refractivity contribution in [3.63, 3.8) is 0 Å². The lowest BCUT2D eigenvalue weighted by Gasteiger charge is -2.09. The number of halogens is 4. The number of anilines is 1. The summed E-state index contributed by atoms with van der Waals surface area (Å²) >= 11 is 0. The molecule has 0 atom stereocenters. The molecule has 0 radical (unpaired) electrons. The molecule has 7 heteroatoms. The predicted octanol–water partition coefficient (Wildman–Crippen LogP) is 3.55. The van der Waals surface area contributed by atoms with E-state index in [2.05, 4.69) is 5.32 Å². The van der Waals surface area contributed by atoms with Gasteiger partial charge in [-0.3, -0.25) is 0 Å². The van der Waals surface area contributed by atoms with Crippen LogP contribution in [0.1, 0.15) is 15.9 Å². The van der Waals surface area contributed by atoms with Crippen LogP contribution >= 0.6 is 0 Å². The Morgan fingerprint density at radius 3 is 2.38 bits per heavy atom. The number of rotatable bonds is 4. The number of carboxylic acid groups (broad SMARTS) is 1. The molecule has 2 aromatic rings. The van der Waals surface area contributed by atoms with E-state index in [1.54, 1.807) is 0 Å². The molecule has 0 aliphatic rings. The van der Waals surface area contributed by atoms with E-state index in [0.717, 1.165) is 18.2 Å². The van der Waals surface area contributed by atoms with Gasteiger partial charge in [-0.2, -0.15) is 0 Å². The Bertz CT molecular complexity index is 704. The van der Waals surface area contributed by atoms with Gasteiger partial charge in [-0.25, -0.2) is 22.4 Å². The van der Waals surface area contributed by atoms with Crippen LogP contribution in [0.5, 0.6) is 0 Å². The van der Waals surface area contributed by atoms with E-state index < -0.39 is 40.5 Å². The highest BCUT2D eigenvalue weighted by Gasteiger charge is 2.12. The normalized spacial score (nSPS) is 10.5. The molecule has 0 bridgehead atoms. The van der Waals surface area contributed by atoms with Crippen LogP contribution in [0.4, 0.5) is 23.2 Å². The topological polar surface area (TPSA) is 49.3 Å². The largest absolute Gasteiger partial charge is 0.478 e. The molecule has 0 aliphatic heterocycles. The summed E-state index contributed by atoms with van der Waals surface area (Å²) in [5.74, 6) is -5.91. The van der Waals surface area contributed by atoms with Crippen LogP contribution < -0.4 is 5.32 Å². The van der Waals surface area contributed by atoms with Crippen molar-refractivity contribution in [3.8, 4) is 0 Å². The maximum atomic E-state index is 13.4. The molecule has 0 saturated heterocycles. The lowest BCUT2D eigenvalue weighted by molar-refractivity contribution is 0.0692. The summed E-state index contributed by atoms with van der Waals surface area (Å²) in [6.07, 6.45) is 0. The van der Waals surface area contributed by atoms with Crippen molar-refractivity contribution >= 4 is 11.7 Å². The number of benzene rings is 2. The molecule has 0 aromatic heterocycles. The second-order valence-corrected chi connectivity index (χ2v) is 4.22. The SMILES string of the molecule is O=C(O)c1ccc(CNc2cc(F)cc(F)c2F)cc1F. The van der Waals surface area contributed by atoms with Gasteiger partial charge in [0, 0.05) is 18.7 Å². The van der Waals surface area contributed by atoms with Crippen LogP contribution in [0.25, 0.3) is 0 Å². The lowest BCUT2D eigenvalue weighted by atomic mass is 10.1. The highest BCUT2D eigenvalue weighted by atomic mass is 19.2. The van der Waals surface area contributed by atoms with Gasteiger partial charge in [-0.15, -0.1) is 0 Å². The van der Waals surface area contributed by atoms with Crippen molar-refractivity contribution < 1.29 is 27.5 Å². The van der Waals surface area contributed by atoms with E-state index in [4.69, 9.17) is 5.11 Å². The van der Waals surface area contributed by atoms with E-state index in [9.17, 15) is 22.4 Å². The highest BCUT2D eigenvalue weighted by Crippen LogP contribution is 2.20. The fourth-order valence-electron chi connectivity index (χ4n) is 1.72. The summed E-state index contributed by atoms with van der Waals surface area (Å²) in [6, 6.07) is 4.48. The second-order valence-electron chi connectivity index (χ2n) is 4.22. The van der Waals surface area contributed by atoms with Crippen LogP contribution in [-0.4, -0.2) is 11.1 Å². The molecule has 0 aliphatic carbocycles. The molecule has 3 nitrogen and oxygen atoms in total. The monoisotopic (exact) mass is 299 g/mol. The van der Waals surface area contributed by atoms with Gasteiger partial charge in [0.25, 0.3) is 0 Å². The van der Waals surface area contributed by atoms with Gasteiger partial charge in [0.05, 0.1) is 11.3 Å². The Balaban J connectivity index is 2.17. The van der Waals surface area contributed by atoms with Gasteiger partial charge >= 0.3 is 5.97 Å². The summed E-state index contributed by atoms with van der Waals surface area (Å²) in [5, 5.41) is 11.1. The van der Waals surface area contributed by atoms with Crippen molar-refractivity contribution in [2.24, 2.45) is 0 Å². The van der Waals surface area contributed by atoms with E-state index in [-0.39, 0.29) is 6.54 Å².